The van der Waals surface area contributed by atoms with Gasteiger partial charge in [0.2, 0.25) is 5.89 Å². The predicted molar refractivity (Wildman–Crippen MR) is 200 cm³/mol. The number of hydrogen-bond donors (Lipinski definition) is 0. The summed E-state index contributed by atoms with van der Waals surface area (Å²) in [5, 5.41) is 4.51. The van der Waals surface area contributed by atoms with E-state index in [0.29, 0.717) is 5.89 Å². The van der Waals surface area contributed by atoms with Gasteiger partial charge in [0.1, 0.15) is 16.7 Å². The van der Waals surface area contributed by atoms with Crippen LogP contribution in [0.25, 0.3) is 75.8 Å². The predicted octanol–water partition coefficient (Wildman–Crippen LogP) is 12.9. The highest BCUT2D eigenvalue weighted by Gasteiger charge is 2.20. The number of furan rings is 1. The molecule has 0 aliphatic heterocycles. The number of anilines is 3. The van der Waals surface area contributed by atoms with E-state index in [2.05, 4.69) is 120 Å². The van der Waals surface area contributed by atoms with Gasteiger partial charge in [-0.3, -0.25) is 0 Å². The fourth-order valence-electron chi connectivity index (χ4n) is 6.88. The summed E-state index contributed by atoms with van der Waals surface area (Å²) in [6, 6.07) is 55.1. The highest BCUT2D eigenvalue weighted by molar-refractivity contribution is 7.26. The summed E-state index contributed by atoms with van der Waals surface area (Å²) >= 11 is 1.84. The van der Waals surface area contributed by atoms with Gasteiger partial charge in [0, 0.05) is 42.5 Å². The Kier molecular flexibility index (Phi) is 6.01. The molecule has 0 atom stereocenters. The zero-order valence-corrected chi connectivity index (χ0v) is 26.4. The molecule has 7 aromatic carbocycles. The van der Waals surface area contributed by atoms with Gasteiger partial charge in [0.05, 0.1) is 11.1 Å². The molecule has 0 N–H and O–H groups in total. The molecule has 0 spiro atoms. The minimum Gasteiger partial charge on any atom is -0.456 e. The van der Waals surface area contributed by atoms with Crippen molar-refractivity contribution < 1.29 is 8.83 Å². The molecule has 0 radical (unpaired) electrons. The van der Waals surface area contributed by atoms with Gasteiger partial charge in [-0.15, -0.1) is 11.3 Å². The number of fused-ring (bicyclic) bond motifs is 8. The Hall–Kier alpha value is -6.17. The molecule has 0 saturated heterocycles. The molecule has 0 amide bonds. The van der Waals surface area contributed by atoms with Crippen molar-refractivity contribution in [3.8, 4) is 22.6 Å². The van der Waals surface area contributed by atoms with Crippen LogP contribution >= 0.6 is 11.3 Å². The molecule has 3 heterocycles. The average molecular weight is 635 g/mol. The molecular weight excluding hydrogens is 609 g/mol. The molecule has 3 aromatic heterocycles. The van der Waals surface area contributed by atoms with Crippen molar-refractivity contribution in [2.24, 2.45) is 0 Å². The van der Waals surface area contributed by atoms with Crippen LogP contribution in [0.4, 0.5) is 17.1 Å². The van der Waals surface area contributed by atoms with Crippen LogP contribution in [0.15, 0.2) is 167 Å². The van der Waals surface area contributed by atoms with Gasteiger partial charge in [-0.1, -0.05) is 78.9 Å². The maximum Gasteiger partial charge on any atom is 0.227 e. The SMILES string of the molecule is c1ccc(-c2nc3ccc4oc5ccc(-c6ccc(N(c7ccccc7)c7cccc8sc9ccccc9c78)cc6)cc5c4c3o2)cc1. The van der Waals surface area contributed by atoms with Crippen LogP contribution in [0.2, 0.25) is 0 Å². The molecule has 0 fully saturated rings. The first-order chi connectivity index (χ1) is 23.8. The van der Waals surface area contributed by atoms with Crippen LogP contribution < -0.4 is 4.90 Å². The Morgan fingerprint density at radius 3 is 2.04 bits per heavy atom. The second-order valence-electron chi connectivity index (χ2n) is 12.0. The Morgan fingerprint density at radius 2 is 1.19 bits per heavy atom. The van der Waals surface area contributed by atoms with Crippen molar-refractivity contribution in [2.45, 2.75) is 0 Å². The Balaban J connectivity index is 1.09. The van der Waals surface area contributed by atoms with Gasteiger partial charge in [0.15, 0.2) is 5.58 Å². The lowest BCUT2D eigenvalue weighted by atomic mass is 10.0. The average Bonchev–Trinajstić information content (AvgIpc) is 3.86. The highest BCUT2D eigenvalue weighted by atomic mass is 32.1. The fourth-order valence-corrected chi connectivity index (χ4v) is 8.01. The maximum atomic E-state index is 6.38. The summed E-state index contributed by atoms with van der Waals surface area (Å²) in [6.07, 6.45) is 0. The smallest absolute Gasteiger partial charge is 0.227 e. The summed E-state index contributed by atoms with van der Waals surface area (Å²) in [5.74, 6) is 0.605. The summed E-state index contributed by atoms with van der Waals surface area (Å²) in [4.78, 5) is 7.16. The molecule has 0 aliphatic carbocycles. The molecule has 0 aliphatic rings. The van der Waals surface area contributed by atoms with Crippen molar-refractivity contribution in [1.29, 1.82) is 0 Å². The molecular formula is C43H26N2O2S. The monoisotopic (exact) mass is 634 g/mol. The normalized spacial score (nSPS) is 11.8. The van der Waals surface area contributed by atoms with E-state index in [4.69, 9.17) is 13.8 Å². The standard InChI is InChI=1S/C43H26N2O2S/c1-3-10-28(11-4-1)43-44-34-23-25-37-41(42(34)47-43)33-26-29(20-24-36(33)46-37)27-18-21-31(22-19-27)45(30-12-5-2-6-13-30)35-15-9-17-39-40(35)32-14-7-8-16-38(32)48-39/h1-26H. The lowest BCUT2D eigenvalue weighted by Gasteiger charge is -2.26. The van der Waals surface area contributed by atoms with Gasteiger partial charge in [0.25, 0.3) is 0 Å². The quantitative estimate of drug-likeness (QED) is 0.189. The molecule has 4 nitrogen and oxygen atoms in total. The molecule has 48 heavy (non-hydrogen) atoms. The van der Waals surface area contributed by atoms with E-state index in [0.717, 1.165) is 61.1 Å². The van der Waals surface area contributed by atoms with Crippen LogP contribution in [0.5, 0.6) is 0 Å². The Bertz CT molecular complexity index is 2780. The number of benzene rings is 7. The Morgan fingerprint density at radius 1 is 0.479 bits per heavy atom. The lowest BCUT2D eigenvalue weighted by molar-refractivity contribution is 0.622. The fraction of sp³-hybridized carbons (Fsp3) is 0. The third kappa shape index (κ3) is 4.25. The first-order valence-corrected chi connectivity index (χ1v) is 16.8. The summed E-state index contributed by atoms with van der Waals surface area (Å²) in [5.41, 5.74) is 9.72. The van der Waals surface area contributed by atoms with E-state index in [1.165, 1.54) is 25.9 Å². The topological polar surface area (TPSA) is 42.4 Å². The third-order valence-corrected chi connectivity index (χ3v) is 10.2. The molecule has 10 rings (SSSR count). The molecule has 10 aromatic rings. The van der Waals surface area contributed by atoms with Crippen molar-refractivity contribution >= 4 is 81.6 Å². The van der Waals surface area contributed by atoms with Crippen molar-refractivity contribution in [1.82, 2.24) is 4.98 Å². The van der Waals surface area contributed by atoms with Crippen molar-refractivity contribution in [3.05, 3.63) is 158 Å². The number of nitrogens with zero attached hydrogens (tertiary/aromatic N) is 2. The van der Waals surface area contributed by atoms with Crippen molar-refractivity contribution in [2.75, 3.05) is 4.90 Å². The first kappa shape index (κ1) is 27.0. The summed E-state index contributed by atoms with van der Waals surface area (Å²) in [7, 11) is 0. The second-order valence-corrected chi connectivity index (χ2v) is 13.0. The van der Waals surface area contributed by atoms with Crippen LogP contribution in [0.1, 0.15) is 0 Å². The van der Waals surface area contributed by atoms with E-state index in [-0.39, 0.29) is 0 Å². The molecule has 226 valence electrons. The van der Waals surface area contributed by atoms with Gasteiger partial charge in [-0.2, -0.15) is 0 Å². The third-order valence-electron chi connectivity index (χ3n) is 9.10. The van der Waals surface area contributed by atoms with Gasteiger partial charge < -0.3 is 13.7 Å². The van der Waals surface area contributed by atoms with Gasteiger partial charge in [-0.05, 0) is 90.0 Å². The number of thiophene rings is 1. The first-order valence-electron chi connectivity index (χ1n) is 16.0. The number of hydrogen-bond acceptors (Lipinski definition) is 5. The van der Waals surface area contributed by atoms with E-state index >= 15 is 0 Å². The second kappa shape index (κ2) is 10.7. The molecule has 0 bridgehead atoms. The summed E-state index contributed by atoms with van der Waals surface area (Å²) < 4.78 is 15.2. The largest absolute Gasteiger partial charge is 0.456 e. The summed E-state index contributed by atoms with van der Waals surface area (Å²) in [6.45, 7) is 0. The van der Waals surface area contributed by atoms with Crippen LogP contribution in [-0.4, -0.2) is 4.98 Å². The molecule has 0 saturated carbocycles. The van der Waals surface area contributed by atoms with E-state index in [1.807, 2.05) is 53.8 Å². The highest BCUT2D eigenvalue weighted by Crippen LogP contribution is 2.45. The number of rotatable bonds is 5. The van der Waals surface area contributed by atoms with E-state index in [1.54, 1.807) is 0 Å². The van der Waals surface area contributed by atoms with Crippen molar-refractivity contribution in [3.63, 3.8) is 0 Å². The number of aromatic nitrogens is 1. The Labute approximate surface area is 279 Å². The zero-order valence-electron chi connectivity index (χ0n) is 25.6. The molecule has 5 heteroatoms. The number of para-hydroxylation sites is 1. The lowest BCUT2D eigenvalue weighted by Crippen LogP contribution is -2.10. The van der Waals surface area contributed by atoms with Crippen LogP contribution in [0, 0.1) is 0 Å². The minimum absolute atomic E-state index is 0.605. The zero-order chi connectivity index (χ0) is 31.6. The van der Waals surface area contributed by atoms with Gasteiger partial charge in [-0.25, -0.2) is 4.98 Å². The van der Waals surface area contributed by atoms with Gasteiger partial charge >= 0.3 is 0 Å². The van der Waals surface area contributed by atoms with Crippen LogP contribution in [0.3, 0.4) is 0 Å². The minimum atomic E-state index is 0.605. The van der Waals surface area contributed by atoms with E-state index < -0.39 is 0 Å². The molecule has 0 unspecified atom stereocenters. The maximum absolute atomic E-state index is 6.38. The van der Waals surface area contributed by atoms with E-state index in [9.17, 15) is 0 Å². The number of oxazole rings is 1. The van der Waals surface area contributed by atoms with Crippen LogP contribution in [-0.2, 0) is 0 Å².